The van der Waals surface area contributed by atoms with E-state index >= 15 is 0 Å². The molecule has 0 heterocycles. The number of hydrogen-bond donors (Lipinski definition) is 4. The van der Waals surface area contributed by atoms with Gasteiger partial charge < -0.3 is 30.7 Å². The normalized spacial score (nSPS) is 14.9. The molecular weight excluding hydrogens is 676 g/mol. The molecular formula is C41H52N4O8. The van der Waals surface area contributed by atoms with Gasteiger partial charge in [0.05, 0.1) is 6.04 Å². The highest BCUT2D eigenvalue weighted by atomic mass is 16.6. The van der Waals surface area contributed by atoms with E-state index in [-0.39, 0.29) is 25.4 Å². The molecule has 3 aromatic rings. The summed E-state index contributed by atoms with van der Waals surface area (Å²) in [5.74, 6) is -4.09. The second-order valence-electron chi connectivity index (χ2n) is 14.5. The lowest BCUT2D eigenvalue weighted by atomic mass is 9.83. The molecule has 1 fully saturated rings. The first-order valence-electron chi connectivity index (χ1n) is 18.4. The SMILES string of the molecule is CCCC(NC(=O)[C@H](Cc1ccc2ccccc2c1)NC(=O)C(NC(=O)OC(C)(C)C)C1CCCCC1)C(=O)C(=O)NCC(=O)OCc1ccccc1. The summed E-state index contributed by atoms with van der Waals surface area (Å²) in [6.45, 7) is 6.49. The van der Waals surface area contributed by atoms with Gasteiger partial charge in [0.2, 0.25) is 17.6 Å². The molecule has 0 saturated heterocycles. The molecule has 0 spiro atoms. The third kappa shape index (κ3) is 13.0. The van der Waals surface area contributed by atoms with Crippen molar-refractivity contribution in [1.82, 2.24) is 21.3 Å². The summed E-state index contributed by atoms with van der Waals surface area (Å²) in [6, 6.07) is 19.1. The molecule has 4 amide bonds. The van der Waals surface area contributed by atoms with Crippen LogP contribution in [0.2, 0.25) is 0 Å². The lowest BCUT2D eigenvalue weighted by molar-refractivity contribution is -0.146. The molecule has 1 saturated carbocycles. The van der Waals surface area contributed by atoms with Crippen molar-refractivity contribution in [2.45, 2.75) is 109 Å². The second-order valence-corrected chi connectivity index (χ2v) is 14.5. The van der Waals surface area contributed by atoms with Gasteiger partial charge in [-0.3, -0.25) is 24.0 Å². The fraction of sp³-hybridized carbons (Fsp3) is 0.463. The minimum atomic E-state index is -1.22. The van der Waals surface area contributed by atoms with Crippen LogP contribution < -0.4 is 21.3 Å². The second kappa shape index (κ2) is 19.5. The lowest BCUT2D eigenvalue weighted by Crippen LogP contribution is -2.59. The number of nitrogens with one attached hydrogen (secondary N) is 4. The molecule has 0 radical (unpaired) electrons. The number of rotatable bonds is 16. The Balaban J connectivity index is 1.50. The van der Waals surface area contributed by atoms with Crippen LogP contribution in [0.4, 0.5) is 4.79 Å². The molecule has 0 aromatic heterocycles. The number of ether oxygens (including phenoxy) is 2. The van der Waals surface area contributed by atoms with Crippen LogP contribution in [0.5, 0.6) is 0 Å². The van der Waals surface area contributed by atoms with Crippen LogP contribution in [-0.4, -0.2) is 65.8 Å². The number of ketones is 1. The molecule has 0 bridgehead atoms. The quantitative estimate of drug-likeness (QED) is 0.117. The summed E-state index contributed by atoms with van der Waals surface area (Å²) >= 11 is 0. The Hall–Kier alpha value is -5.26. The average molecular weight is 729 g/mol. The van der Waals surface area contributed by atoms with Crippen molar-refractivity contribution in [2.75, 3.05) is 6.54 Å². The van der Waals surface area contributed by atoms with Gasteiger partial charge in [0, 0.05) is 6.42 Å². The first kappa shape index (κ1) is 40.5. The number of carbonyl (C=O) groups excluding carboxylic acids is 6. The Morgan fingerprint density at radius 3 is 2.09 bits per heavy atom. The van der Waals surface area contributed by atoms with E-state index in [0.29, 0.717) is 6.42 Å². The van der Waals surface area contributed by atoms with E-state index in [1.165, 1.54) is 0 Å². The van der Waals surface area contributed by atoms with Crippen molar-refractivity contribution >= 4 is 46.3 Å². The average Bonchev–Trinajstić information content (AvgIpc) is 3.14. The number of esters is 1. The van der Waals surface area contributed by atoms with E-state index in [1.54, 1.807) is 52.0 Å². The molecule has 3 atom stereocenters. The fourth-order valence-corrected chi connectivity index (χ4v) is 6.39. The van der Waals surface area contributed by atoms with Gasteiger partial charge in [-0.25, -0.2) is 4.79 Å². The van der Waals surface area contributed by atoms with Crippen LogP contribution in [0.15, 0.2) is 72.8 Å². The van der Waals surface area contributed by atoms with Gasteiger partial charge in [-0.2, -0.15) is 0 Å². The van der Waals surface area contributed by atoms with E-state index < -0.39 is 65.8 Å². The maximum absolute atomic E-state index is 14.1. The van der Waals surface area contributed by atoms with Crippen molar-refractivity contribution in [3.8, 4) is 0 Å². The third-order valence-corrected chi connectivity index (χ3v) is 9.03. The topological polar surface area (TPSA) is 169 Å². The molecule has 4 rings (SSSR count). The molecule has 1 aliphatic carbocycles. The molecule has 12 heteroatoms. The molecule has 4 N–H and O–H groups in total. The summed E-state index contributed by atoms with van der Waals surface area (Å²) in [7, 11) is 0. The molecule has 284 valence electrons. The zero-order valence-electron chi connectivity index (χ0n) is 31.1. The first-order chi connectivity index (χ1) is 25.3. The number of alkyl carbamates (subject to hydrolysis) is 1. The Morgan fingerprint density at radius 1 is 0.755 bits per heavy atom. The minimum absolute atomic E-state index is 0.0111. The van der Waals surface area contributed by atoms with Crippen molar-refractivity contribution in [3.05, 3.63) is 83.9 Å². The van der Waals surface area contributed by atoms with Gasteiger partial charge >= 0.3 is 12.1 Å². The van der Waals surface area contributed by atoms with Gasteiger partial charge in [0.25, 0.3) is 5.91 Å². The van der Waals surface area contributed by atoms with E-state index in [0.717, 1.165) is 54.0 Å². The van der Waals surface area contributed by atoms with Crippen LogP contribution in [0.25, 0.3) is 10.8 Å². The van der Waals surface area contributed by atoms with Gasteiger partial charge in [-0.05, 0) is 67.9 Å². The standard InChI is InChI=1S/C41H52N4O8/c1-5-14-32(36(47)39(50)42-25-34(46)52-26-27-15-8-6-9-16-27)43-37(48)33(24-28-21-22-29-17-12-13-20-31(29)23-28)44-38(49)35(30-18-10-7-11-19-30)45-40(51)53-41(2,3)4/h6,8-9,12-13,15-17,20-23,30,32-33,35H,5,7,10-11,14,18-19,24-26H2,1-4H3,(H,42,50)(H,43,48)(H,44,49)(H,45,51)/t32?,33-,35?/m0/s1. The van der Waals surface area contributed by atoms with Crippen molar-refractivity contribution < 1.29 is 38.2 Å². The van der Waals surface area contributed by atoms with Gasteiger partial charge in [0.15, 0.2) is 0 Å². The van der Waals surface area contributed by atoms with E-state index in [1.807, 2.05) is 48.5 Å². The van der Waals surface area contributed by atoms with Crippen LogP contribution in [0.1, 0.15) is 83.8 Å². The summed E-state index contributed by atoms with van der Waals surface area (Å²) in [5, 5.41) is 12.6. The van der Waals surface area contributed by atoms with Crippen LogP contribution >= 0.6 is 0 Å². The van der Waals surface area contributed by atoms with E-state index in [4.69, 9.17) is 9.47 Å². The fourth-order valence-electron chi connectivity index (χ4n) is 6.39. The van der Waals surface area contributed by atoms with Crippen molar-refractivity contribution in [2.24, 2.45) is 5.92 Å². The maximum Gasteiger partial charge on any atom is 0.408 e. The van der Waals surface area contributed by atoms with Crippen molar-refractivity contribution in [1.29, 1.82) is 0 Å². The number of hydrogen-bond acceptors (Lipinski definition) is 8. The number of fused-ring (bicyclic) bond motifs is 1. The van der Waals surface area contributed by atoms with Crippen LogP contribution in [-0.2, 0) is 46.5 Å². The highest BCUT2D eigenvalue weighted by molar-refractivity contribution is 6.38. The van der Waals surface area contributed by atoms with E-state index in [2.05, 4.69) is 21.3 Å². The predicted molar refractivity (Wildman–Crippen MR) is 200 cm³/mol. The lowest BCUT2D eigenvalue weighted by Gasteiger charge is -2.32. The predicted octanol–water partition coefficient (Wildman–Crippen LogP) is 5.05. The first-order valence-corrected chi connectivity index (χ1v) is 18.4. The molecule has 3 aromatic carbocycles. The largest absolute Gasteiger partial charge is 0.460 e. The highest BCUT2D eigenvalue weighted by Crippen LogP contribution is 2.27. The molecule has 0 aliphatic heterocycles. The number of Topliss-reactive ketones (excluding diaryl/α,β-unsaturated/α-hetero) is 1. The van der Waals surface area contributed by atoms with Crippen LogP contribution in [0, 0.1) is 5.92 Å². The molecule has 2 unspecified atom stereocenters. The van der Waals surface area contributed by atoms with Gasteiger partial charge in [-0.1, -0.05) is 105 Å². The Bertz CT molecular complexity index is 1730. The Kier molecular flexibility index (Phi) is 14.9. The monoisotopic (exact) mass is 728 g/mol. The number of carbonyl (C=O) groups is 6. The summed E-state index contributed by atoms with van der Waals surface area (Å²) < 4.78 is 10.7. The summed E-state index contributed by atoms with van der Waals surface area (Å²) in [4.78, 5) is 79.6. The molecule has 12 nitrogen and oxygen atoms in total. The Morgan fingerprint density at radius 2 is 1.42 bits per heavy atom. The summed E-state index contributed by atoms with van der Waals surface area (Å²) in [5.41, 5.74) is 0.736. The highest BCUT2D eigenvalue weighted by Gasteiger charge is 2.36. The van der Waals surface area contributed by atoms with E-state index in [9.17, 15) is 28.8 Å². The van der Waals surface area contributed by atoms with Gasteiger partial charge in [0.1, 0.15) is 30.8 Å². The minimum Gasteiger partial charge on any atom is -0.460 e. The van der Waals surface area contributed by atoms with Crippen LogP contribution in [0.3, 0.4) is 0 Å². The van der Waals surface area contributed by atoms with Crippen molar-refractivity contribution in [3.63, 3.8) is 0 Å². The zero-order chi connectivity index (χ0) is 38.4. The van der Waals surface area contributed by atoms with Gasteiger partial charge in [-0.15, -0.1) is 0 Å². The number of benzene rings is 3. The molecule has 1 aliphatic rings. The maximum atomic E-state index is 14.1. The number of amides is 4. The smallest absolute Gasteiger partial charge is 0.408 e. The Labute approximate surface area is 311 Å². The molecule has 53 heavy (non-hydrogen) atoms. The zero-order valence-corrected chi connectivity index (χ0v) is 31.1. The third-order valence-electron chi connectivity index (χ3n) is 9.03. The summed E-state index contributed by atoms with van der Waals surface area (Å²) in [6.07, 6.45) is 4.19.